The summed E-state index contributed by atoms with van der Waals surface area (Å²) in [4.78, 5) is 0. The van der Waals surface area contributed by atoms with Crippen LogP contribution in [0.2, 0.25) is 0 Å². The second-order valence-electron chi connectivity index (χ2n) is 4.50. The molecule has 0 fully saturated rings. The van der Waals surface area contributed by atoms with Crippen molar-refractivity contribution in [1.82, 2.24) is 15.1 Å². The Morgan fingerprint density at radius 2 is 2.22 bits per heavy atom. The van der Waals surface area contributed by atoms with Crippen LogP contribution < -0.4 is 5.32 Å². The highest BCUT2D eigenvalue weighted by molar-refractivity contribution is 5.29. The van der Waals surface area contributed by atoms with Crippen molar-refractivity contribution in [2.24, 2.45) is 7.05 Å². The number of hydrogen-bond acceptors (Lipinski definition) is 3. The first-order valence-electron chi connectivity index (χ1n) is 6.16. The maximum atomic E-state index is 9.43. The van der Waals surface area contributed by atoms with Crippen LogP contribution in [-0.4, -0.2) is 21.4 Å². The molecule has 4 nitrogen and oxygen atoms in total. The van der Waals surface area contributed by atoms with Gasteiger partial charge in [0.05, 0.1) is 5.69 Å². The molecule has 0 aliphatic rings. The second kappa shape index (κ2) is 5.69. The lowest BCUT2D eigenvalue weighted by atomic mass is 10.1. The Balaban J connectivity index is 1.83. The minimum atomic E-state index is 0.223. The minimum absolute atomic E-state index is 0.223. The molecule has 18 heavy (non-hydrogen) atoms. The van der Waals surface area contributed by atoms with Crippen LogP contribution in [0.25, 0.3) is 0 Å². The third kappa shape index (κ3) is 3.34. The zero-order valence-corrected chi connectivity index (χ0v) is 10.8. The average Bonchev–Trinajstić information content (AvgIpc) is 2.75. The summed E-state index contributed by atoms with van der Waals surface area (Å²) in [5, 5.41) is 17.2. The smallest absolute Gasteiger partial charge is 0.115 e. The van der Waals surface area contributed by atoms with Crippen molar-refractivity contribution < 1.29 is 5.11 Å². The molecule has 0 saturated carbocycles. The van der Waals surface area contributed by atoms with Crippen molar-refractivity contribution in [3.8, 4) is 5.75 Å². The molecule has 1 atom stereocenters. The topological polar surface area (TPSA) is 50.1 Å². The van der Waals surface area contributed by atoms with E-state index in [-0.39, 0.29) is 6.04 Å². The molecular formula is C14H19N3O. The van der Waals surface area contributed by atoms with E-state index in [1.54, 1.807) is 12.1 Å². The molecule has 1 heterocycles. The number of aryl methyl sites for hydroxylation is 1. The lowest BCUT2D eigenvalue weighted by Crippen LogP contribution is -2.21. The van der Waals surface area contributed by atoms with E-state index in [1.807, 2.05) is 36.1 Å². The van der Waals surface area contributed by atoms with E-state index in [2.05, 4.69) is 17.3 Å². The molecule has 0 spiro atoms. The van der Waals surface area contributed by atoms with Gasteiger partial charge in [-0.15, -0.1) is 0 Å². The summed E-state index contributed by atoms with van der Waals surface area (Å²) in [6.45, 7) is 2.96. The first-order valence-corrected chi connectivity index (χ1v) is 6.16. The Morgan fingerprint density at radius 1 is 1.39 bits per heavy atom. The molecule has 0 aliphatic heterocycles. The van der Waals surface area contributed by atoms with Gasteiger partial charge in [-0.25, -0.2) is 0 Å². The number of phenolic OH excluding ortho intramolecular Hbond substituents is 1. The number of rotatable bonds is 5. The van der Waals surface area contributed by atoms with Crippen molar-refractivity contribution in [2.45, 2.75) is 19.4 Å². The maximum absolute atomic E-state index is 9.43. The van der Waals surface area contributed by atoms with E-state index < -0.39 is 0 Å². The molecule has 1 unspecified atom stereocenters. The number of benzene rings is 1. The van der Waals surface area contributed by atoms with Crippen LogP contribution in [0, 0.1) is 0 Å². The molecule has 0 amide bonds. The largest absolute Gasteiger partial charge is 0.508 e. The molecule has 96 valence electrons. The zero-order chi connectivity index (χ0) is 13.0. The van der Waals surface area contributed by atoms with Crippen molar-refractivity contribution >= 4 is 0 Å². The van der Waals surface area contributed by atoms with Gasteiger partial charge in [-0.1, -0.05) is 12.1 Å². The standard InChI is InChI=1S/C14H19N3O/c1-11(12-4-3-5-14(18)10-12)15-8-6-13-7-9-17(2)16-13/h3-5,7,9-11,15,18H,6,8H2,1-2H3. The van der Waals surface area contributed by atoms with Crippen LogP contribution in [0.1, 0.15) is 24.2 Å². The van der Waals surface area contributed by atoms with Crippen LogP contribution in [0.15, 0.2) is 36.5 Å². The summed E-state index contributed by atoms with van der Waals surface area (Å²) in [7, 11) is 1.92. The number of nitrogens with one attached hydrogen (secondary N) is 1. The van der Waals surface area contributed by atoms with Gasteiger partial charge in [0.1, 0.15) is 5.75 Å². The molecular weight excluding hydrogens is 226 g/mol. The van der Waals surface area contributed by atoms with E-state index in [9.17, 15) is 5.11 Å². The molecule has 4 heteroatoms. The Morgan fingerprint density at radius 3 is 2.89 bits per heavy atom. The molecule has 0 radical (unpaired) electrons. The third-order valence-corrected chi connectivity index (χ3v) is 2.97. The van der Waals surface area contributed by atoms with Gasteiger partial charge in [-0.3, -0.25) is 4.68 Å². The summed E-state index contributed by atoms with van der Waals surface area (Å²) in [6.07, 6.45) is 2.86. The Kier molecular flexibility index (Phi) is 3.99. The van der Waals surface area contributed by atoms with Crippen LogP contribution in [0.3, 0.4) is 0 Å². The van der Waals surface area contributed by atoms with Gasteiger partial charge < -0.3 is 10.4 Å². The number of phenols is 1. The number of aromatic nitrogens is 2. The van der Waals surface area contributed by atoms with E-state index in [1.165, 1.54) is 0 Å². The highest BCUT2D eigenvalue weighted by Crippen LogP contribution is 2.17. The number of nitrogens with zero attached hydrogens (tertiary/aromatic N) is 2. The fourth-order valence-electron chi connectivity index (χ4n) is 1.93. The zero-order valence-electron chi connectivity index (χ0n) is 10.8. The van der Waals surface area contributed by atoms with Gasteiger partial charge >= 0.3 is 0 Å². The van der Waals surface area contributed by atoms with Crippen LogP contribution in [0.4, 0.5) is 0 Å². The van der Waals surface area contributed by atoms with E-state index in [0.29, 0.717) is 5.75 Å². The van der Waals surface area contributed by atoms with Gasteiger partial charge in [0.15, 0.2) is 0 Å². The normalized spacial score (nSPS) is 12.6. The molecule has 0 bridgehead atoms. The van der Waals surface area contributed by atoms with Gasteiger partial charge in [0.2, 0.25) is 0 Å². The first kappa shape index (κ1) is 12.6. The molecule has 2 N–H and O–H groups in total. The predicted octanol–water partition coefficient (Wildman–Crippen LogP) is 2.02. The monoisotopic (exact) mass is 245 g/mol. The number of hydrogen-bond donors (Lipinski definition) is 2. The maximum Gasteiger partial charge on any atom is 0.115 e. The third-order valence-electron chi connectivity index (χ3n) is 2.97. The summed E-state index contributed by atoms with van der Waals surface area (Å²) in [5.74, 6) is 0.311. The van der Waals surface area contributed by atoms with Crippen molar-refractivity contribution in [3.05, 3.63) is 47.8 Å². The fraction of sp³-hybridized carbons (Fsp3) is 0.357. The Hall–Kier alpha value is -1.81. The summed E-state index contributed by atoms with van der Waals surface area (Å²) >= 11 is 0. The van der Waals surface area contributed by atoms with Crippen LogP contribution in [-0.2, 0) is 13.5 Å². The number of aromatic hydroxyl groups is 1. The van der Waals surface area contributed by atoms with E-state index in [0.717, 1.165) is 24.2 Å². The van der Waals surface area contributed by atoms with Crippen molar-refractivity contribution in [1.29, 1.82) is 0 Å². The lowest BCUT2D eigenvalue weighted by molar-refractivity contribution is 0.472. The van der Waals surface area contributed by atoms with Gasteiger partial charge in [-0.2, -0.15) is 5.10 Å². The van der Waals surface area contributed by atoms with Crippen molar-refractivity contribution in [2.75, 3.05) is 6.54 Å². The molecule has 2 aromatic rings. The highest BCUT2D eigenvalue weighted by Gasteiger charge is 2.05. The summed E-state index contributed by atoms with van der Waals surface area (Å²) in [6, 6.07) is 9.60. The van der Waals surface area contributed by atoms with Crippen LogP contribution in [0.5, 0.6) is 5.75 Å². The highest BCUT2D eigenvalue weighted by atomic mass is 16.3. The molecule has 2 rings (SSSR count). The first-order chi connectivity index (χ1) is 8.65. The molecule has 1 aromatic carbocycles. The Labute approximate surface area is 107 Å². The lowest BCUT2D eigenvalue weighted by Gasteiger charge is -2.13. The average molecular weight is 245 g/mol. The van der Waals surface area contributed by atoms with Gasteiger partial charge in [0, 0.05) is 32.3 Å². The quantitative estimate of drug-likeness (QED) is 0.847. The molecule has 0 aliphatic carbocycles. The second-order valence-corrected chi connectivity index (χ2v) is 4.50. The SMILES string of the molecule is CC(NCCc1ccn(C)n1)c1cccc(O)c1. The molecule has 0 saturated heterocycles. The van der Waals surface area contributed by atoms with E-state index >= 15 is 0 Å². The summed E-state index contributed by atoms with van der Waals surface area (Å²) in [5.41, 5.74) is 2.18. The predicted molar refractivity (Wildman–Crippen MR) is 71.4 cm³/mol. The van der Waals surface area contributed by atoms with Crippen molar-refractivity contribution in [3.63, 3.8) is 0 Å². The van der Waals surface area contributed by atoms with Crippen LogP contribution >= 0.6 is 0 Å². The van der Waals surface area contributed by atoms with Gasteiger partial charge in [-0.05, 0) is 30.7 Å². The van der Waals surface area contributed by atoms with E-state index in [4.69, 9.17) is 0 Å². The minimum Gasteiger partial charge on any atom is -0.508 e. The Bertz CT molecular complexity index is 507. The van der Waals surface area contributed by atoms with Gasteiger partial charge in [0.25, 0.3) is 0 Å². The fourth-order valence-corrected chi connectivity index (χ4v) is 1.93. The molecule has 1 aromatic heterocycles. The summed E-state index contributed by atoms with van der Waals surface area (Å²) < 4.78 is 1.81.